The van der Waals surface area contributed by atoms with Gasteiger partial charge in [0.15, 0.2) is 0 Å². The number of piperidine rings is 1. The van der Waals surface area contributed by atoms with Gasteiger partial charge in [0.1, 0.15) is 6.29 Å². The molecule has 3 heteroatoms. The smallest absolute Gasteiger partial charge is 0.133 e. The van der Waals surface area contributed by atoms with E-state index in [4.69, 9.17) is 0 Å². The molecule has 0 bridgehead atoms. The van der Waals surface area contributed by atoms with Crippen molar-refractivity contribution >= 4 is 12.0 Å². The maximum Gasteiger partial charge on any atom is 0.133 e. The fraction of sp³-hybridized carbons (Fsp3) is 0.611. The van der Waals surface area contributed by atoms with Gasteiger partial charge in [-0.2, -0.15) is 0 Å². The van der Waals surface area contributed by atoms with Crippen LogP contribution in [0.2, 0.25) is 0 Å². The summed E-state index contributed by atoms with van der Waals surface area (Å²) in [4.78, 5) is 15.6. The van der Waals surface area contributed by atoms with Crippen molar-refractivity contribution in [3.05, 3.63) is 30.3 Å². The van der Waals surface area contributed by atoms with Crippen molar-refractivity contribution in [1.29, 1.82) is 0 Å². The van der Waals surface area contributed by atoms with Gasteiger partial charge in [-0.15, -0.1) is 0 Å². The first kappa shape index (κ1) is 14.6. The van der Waals surface area contributed by atoms with Crippen molar-refractivity contribution in [2.75, 3.05) is 37.6 Å². The van der Waals surface area contributed by atoms with E-state index in [1.165, 1.54) is 50.9 Å². The van der Waals surface area contributed by atoms with Crippen molar-refractivity contribution < 1.29 is 4.79 Å². The van der Waals surface area contributed by atoms with Crippen LogP contribution in [0.4, 0.5) is 5.69 Å². The third-order valence-corrected chi connectivity index (χ3v) is 5.42. The molecule has 2 aliphatic rings. The maximum absolute atomic E-state index is 10.7. The second-order valence-electron chi connectivity index (χ2n) is 6.64. The predicted molar refractivity (Wildman–Crippen MR) is 86.7 cm³/mol. The van der Waals surface area contributed by atoms with Crippen LogP contribution in [-0.2, 0) is 4.79 Å². The standard InChI is InChI=1S/C18H26N2O/c21-16-15-19-11-4-7-18(8-12-19)9-13-20(14-10-18)17-5-2-1-3-6-17/h1-3,5-6,16H,4,7-15H2. The lowest BCUT2D eigenvalue weighted by molar-refractivity contribution is -0.108. The number of anilines is 1. The zero-order valence-corrected chi connectivity index (χ0v) is 12.8. The van der Waals surface area contributed by atoms with Crippen LogP contribution in [0.1, 0.15) is 32.1 Å². The van der Waals surface area contributed by atoms with Crippen molar-refractivity contribution in [2.24, 2.45) is 5.41 Å². The van der Waals surface area contributed by atoms with E-state index in [1.807, 2.05) is 0 Å². The van der Waals surface area contributed by atoms with Gasteiger partial charge in [-0.25, -0.2) is 0 Å². The van der Waals surface area contributed by atoms with Crippen LogP contribution in [-0.4, -0.2) is 43.9 Å². The van der Waals surface area contributed by atoms with Gasteiger partial charge >= 0.3 is 0 Å². The van der Waals surface area contributed by atoms with Crippen LogP contribution in [0.25, 0.3) is 0 Å². The van der Waals surface area contributed by atoms with Gasteiger partial charge in [0.05, 0.1) is 6.54 Å². The highest BCUT2D eigenvalue weighted by atomic mass is 16.1. The molecule has 0 amide bonds. The Kier molecular flexibility index (Phi) is 4.59. The molecule has 114 valence electrons. The molecule has 3 rings (SSSR count). The Morgan fingerprint density at radius 1 is 0.952 bits per heavy atom. The highest BCUT2D eigenvalue weighted by Gasteiger charge is 2.35. The van der Waals surface area contributed by atoms with Gasteiger partial charge in [0.2, 0.25) is 0 Å². The van der Waals surface area contributed by atoms with E-state index in [0.29, 0.717) is 12.0 Å². The minimum absolute atomic E-state index is 0.531. The van der Waals surface area contributed by atoms with Crippen LogP contribution in [0, 0.1) is 5.41 Å². The van der Waals surface area contributed by atoms with Crippen LogP contribution >= 0.6 is 0 Å². The van der Waals surface area contributed by atoms with Gasteiger partial charge in [-0.1, -0.05) is 18.2 Å². The van der Waals surface area contributed by atoms with Crippen LogP contribution < -0.4 is 4.90 Å². The van der Waals surface area contributed by atoms with Crippen LogP contribution in [0.3, 0.4) is 0 Å². The molecule has 2 aliphatic heterocycles. The fourth-order valence-corrected chi connectivity index (χ4v) is 3.98. The normalized spacial score (nSPS) is 23.0. The lowest BCUT2D eigenvalue weighted by Crippen LogP contribution is -2.40. The highest BCUT2D eigenvalue weighted by Crippen LogP contribution is 2.41. The largest absolute Gasteiger partial charge is 0.371 e. The minimum Gasteiger partial charge on any atom is -0.371 e. The summed E-state index contributed by atoms with van der Waals surface area (Å²) in [5.41, 5.74) is 1.90. The van der Waals surface area contributed by atoms with E-state index in [-0.39, 0.29) is 0 Å². The second-order valence-corrected chi connectivity index (χ2v) is 6.64. The molecule has 1 aromatic carbocycles. The number of para-hydroxylation sites is 1. The number of hydrogen-bond donors (Lipinski definition) is 0. The zero-order chi connectivity index (χ0) is 14.5. The molecule has 0 aliphatic carbocycles. The first-order valence-corrected chi connectivity index (χ1v) is 8.27. The molecular formula is C18H26N2O. The molecule has 1 spiro atoms. The first-order chi connectivity index (χ1) is 10.3. The second kappa shape index (κ2) is 6.61. The third kappa shape index (κ3) is 3.46. The van der Waals surface area contributed by atoms with Crippen molar-refractivity contribution in [2.45, 2.75) is 32.1 Å². The predicted octanol–water partition coefficient (Wildman–Crippen LogP) is 2.96. The summed E-state index contributed by atoms with van der Waals surface area (Å²) in [6.45, 7) is 5.18. The van der Waals surface area contributed by atoms with E-state index in [2.05, 4.69) is 40.1 Å². The van der Waals surface area contributed by atoms with E-state index in [0.717, 1.165) is 19.4 Å². The summed E-state index contributed by atoms with van der Waals surface area (Å²) in [5, 5.41) is 0. The summed E-state index contributed by atoms with van der Waals surface area (Å²) in [5.74, 6) is 0. The number of hydrogen-bond acceptors (Lipinski definition) is 3. The van der Waals surface area contributed by atoms with Gasteiger partial charge < -0.3 is 9.69 Å². The van der Waals surface area contributed by atoms with Crippen molar-refractivity contribution in [3.8, 4) is 0 Å². The average Bonchev–Trinajstić information content (AvgIpc) is 2.73. The van der Waals surface area contributed by atoms with Gasteiger partial charge in [-0.05, 0) is 62.7 Å². The molecule has 0 atom stereocenters. The Bertz CT molecular complexity index is 452. The monoisotopic (exact) mass is 286 g/mol. The lowest BCUT2D eigenvalue weighted by Gasteiger charge is -2.42. The average molecular weight is 286 g/mol. The van der Waals surface area contributed by atoms with E-state index >= 15 is 0 Å². The number of carbonyl (C=O) groups excluding carboxylic acids is 1. The Hall–Kier alpha value is -1.35. The summed E-state index contributed by atoms with van der Waals surface area (Å²) in [6.07, 6.45) is 7.51. The van der Waals surface area contributed by atoms with Crippen molar-refractivity contribution in [3.63, 3.8) is 0 Å². The molecule has 0 N–H and O–H groups in total. The number of nitrogens with zero attached hydrogens (tertiary/aromatic N) is 2. The van der Waals surface area contributed by atoms with Gasteiger partial charge in [0.25, 0.3) is 0 Å². The summed E-state index contributed by atoms with van der Waals surface area (Å²) in [6, 6.07) is 10.8. The number of carbonyl (C=O) groups is 1. The molecule has 1 aromatic rings. The van der Waals surface area contributed by atoms with E-state index < -0.39 is 0 Å². The lowest BCUT2D eigenvalue weighted by atomic mass is 9.73. The number of rotatable bonds is 3. The van der Waals surface area contributed by atoms with Gasteiger partial charge in [-0.3, -0.25) is 4.90 Å². The molecular weight excluding hydrogens is 260 g/mol. The van der Waals surface area contributed by atoms with Crippen LogP contribution in [0.15, 0.2) is 30.3 Å². The number of likely N-dealkylation sites (tertiary alicyclic amines) is 1. The Morgan fingerprint density at radius 3 is 2.38 bits per heavy atom. The van der Waals surface area contributed by atoms with Gasteiger partial charge in [0, 0.05) is 18.8 Å². The molecule has 3 nitrogen and oxygen atoms in total. The minimum atomic E-state index is 0.531. The summed E-state index contributed by atoms with van der Waals surface area (Å²) in [7, 11) is 0. The van der Waals surface area contributed by atoms with Crippen molar-refractivity contribution in [1.82, 2.24) is 4.90 Å². The molecule has 0 radical (unpaired) electrons. The molecule has 2 saturated heterocycles. The molecule has 2 fully saturated rings. The highest BCUT2D eigenvalue weighted by molar-refractivity contribution is 5.52. The molecule has 2 heterocycles. The van der Waals surface area contributed by atoms with E-state index in [9.17, 15) is 4.79 Å². The Balaban J connectivity index is 1.58. The topological polar surface area (TPSA) is 23.6 Å². The zero-order valence-electron chi connectivity index (χ0n) is 12.8. The Morgan fingerprint density at radius 2 is 1.67 bits per heavy atom. The first-order valence-electron chi connectivity index (χ1n) is 8.27. The fourth-order valence-electron chi connectivity index (χ4n) is 3.98. The van der Waals surface area contributed by atoms with E-state index in [1.54, 1.807) is 0 Å². The Labute approximate surface area is 127 Å². The molecule has 0 aromatic heterocycles. The number of benzene rings is 1. The quantitative estimate of drug-likeness (QED) is 0.798. The number of aldehydes is 1. The molecule has 0 saturated carbocycles. The SMILES string of the molecule is O=CCN1CCCC2(CC1)CCN(c1ccccc1)CC2. The molecule has 21 heavy (non-hydrogen) atoms. The third-order valence-electron chi connectivity index (χ3n) is 5.42. The summed E-state index contributed by atoms with van der Waals surface area (Å²) < 4.78 is 0. The van der Waals surface area contributed by atoms with Crippen LogP contribution in [0.5, 0.6) is 0 Å². The summed E-state index contributed by atoms with van der Waals surface area (Å²) >= 11 is 0. The molecule has 0 unspecified atom stereocenters. The maximum atomic E-state index is 10.7.